The van der Waals surface area contributed by atoms with Crippen molar-refractivity contribution in [1.29, 1.82) is 0 Å². The highest BCUT2D eigenvalue weighted by molar-refractivity contribution is 5.92. The highest BCUT2D eigenvalue weighted by Gasteiger charge is 2.10. The van der Waals surface area contributed by atoms with Gasteiger partial charge in [-0.1, -0.05) is 32.0 Å². The third-order valence-electron chi connectivity index (χ3n) is 3.71. The molecular formula is C19H23NO3. The Morgan fingerprint density at radius 1 is 1.04 bits per heavy atom. The van der Waals surface area contributed by atoms with Crippen LogP contribution in [0.5, 0.6) is 11.5 Å². The Morgan fingerprint density at radius 3 is 2.30 bits per heavy atom. The Morgan fingerprint density at radius 2 is 1.74 bits per heavy atom. The Balaban J connectivity index is 2.04. The van der Waals surface area contributed by atoms with Crippen LogP contribution >= 0.6 is 0 Å². The number of carbonyl (C=O) groups is 1. The Bertz CT molecular complexity index is 663. The number of amides is 1. The van der Waals surface area contributed by atoms with E-state index in [1.807, 2.05) is 36.4 Å². The first-order valence-corrected chi connectivity index (χ1v) is 7.64. The number of benzene rings is 2. The van der Waals surface area contributed by atoms with E-state index in [1.165, 1.54) is 5.56 Å². The minimum atomic E-state index is -0.0780. The number of carbonyl (C=O) groups excluding carboxylic acids is 1. The van der Waals surface area contributed by atoms with Crippen LogP contribution in [0.4, 0.5) is 5.69 Å². The van der Waals surface area contributed by atoms with Crippen molar-refractivity contribution in [1.82, 2.24) is 0 Å². The molecule has 0 aliphatic rings. The number of methoxy groups -OCH3 is 2. The van der Waals surface area contributed by atoms with E-state index >= 15 is 0 Å². The maximum Gasteiger partial charge on any atom is 0.228 e. The molecule has 0 heterocycles. The van der Waals surface area contributed by atoms with Gasteiger partial charge in [-0.3, -0.25) is 4.79 Å². The Labute approximate surface area is 137 Å². The molecule has 0 radical (unpaired) electrons. The van der Waals surface area contributed by atoms with E-state index in [-0.39, 0.29) is 12.3 Å². The fourth-order valence-corrected chi connectivity index (χ4v) is 2.33. The van der Waals surface area contributed by atoms with Crippen molar-refractivity contribution in [3.05, 3.63) is 53.6 Å². The predicted molar refractivity (Wildman–Crippen MR) is 92.4 cm³/mol. The van der Waals surface area contributed by atoms with E-state index in [2.05, 4.69) is 19.2 Å². The van der Waals surface area contributed by atoms with Gasteiger partial charge in [-0.25, -0.2) is 0 Å². The van der Waals surface area contributed by atoms with Gasteiger partial charge >= 0.3 is 0 Å². The topological polar surface area (TPSA) is 47.6 Å². The monoisotopic (exact) mass is 313 g/mol. The third kappa shape index (κ3) is 4.49. The molecule has 0 spiro atoms. The molecular weight excluding hydrogens is 290 g/mol. The van der Waals surface area contributed by atoms with Crippen molar-refractivity contribution < 1.29 is 14.3 Å². The van der Waals surface area contributed by atoms with Crippen LogP contribution in [0.3, 0.4) is 0 Å². The number of hydrogen-bond donors (Lipinski definition) is 1. The summed E-state index contributed by atoms with van der Waals surface area (Å²) in [5, 5.41) is 2.91. The van der Waals surface area contributed by atoms with Gasteiger partial charge < -0.3 is 14.8 Å². The van der Waals surface area contributed by atoms with Crippen LogP contribution in [0.15, 0.2) is 42.5 Å². The summed E-state index contributed by atoms with van der Waals surface area (Å²) in [7, 11) is 3.18. The normalized spacial score (nSPS) is 10.5. The zero-order chi connectivity index (χ0) is 16.8. The Kier molecular flexibility index (Phi) is 5.63. The molecule has 0 unspecified atom stereocenters. The van der Waals surface area contributed by atoms with E-state index in [1.54, 1.807) is 20.3 Å². The first kappa shape index (κ1) is 16.9. The van der Waals surface area contributed by atoms with Crippen LogP contribution in [0.2, 0.25) is 0 Å². The van der Waals surface area contributed by atoms with E-state index in [4.69, 9.17) is 9.47 Å². The molecule has 0 aliphatic heterocycles. The van der Waals surface area contributed by atoms with Crippen molar-refractivity contribution in [3.63, 3.8) is 0 Å². The summed E-state index contributed by atoms with van der Waals surface area (Å²) in [6.07, 6.45) is 0.249. The van der Waals surface area contributed by atoms with Crippen LogP contribution in [0.25, 0.3) is 0 Å². The number of rotatable bonds is 6. The second kappa shape index (κ2) is 7.68. The number of nitrogens with one attached hydrogen (secondary N) is 1. The third-order valence-corrected chi connectivity index (χ3v) is 3.71. The van der Waals surface area contributed by atoms with Crippen LogP contribution in [-0.2, 0) is 11.2 Å². The molecule has 0 saturated heterocycles. The van der Waals surface area contributed by atoms with Gasteiger partial charge in [-0.2, -0.15) is 0 Å². The standard InChI is InChI=1S/C19H23NO3/c1-13(2)14-5-8-16(9-6-14)20-19(21)11-15-7-10-17(22-3)12-18(15)23-4/h5-10,12-13H,11H2,1-4H3,(H,20,21). The molecule has 0 aliphatic carbocycles. The van der Waals surface area contributed by atoms with E-state index in [9.17, 15) is 4.79 Å². The minimum Gasteiger partial charge on any atom is -0.497 e. The highest BCUT2D eigenvalue weighted by atomic mass is 16.5. The van der Waals surface area contributed by atoms with Crippen molar-refractivity contribution in [2.75, 3.05) is 19.5 Å². The van der Waals surface area contributed by atoms with Gasteiger partial charge in [0, 0.05) is 17.3 Å². The largest absolute Gasteiger partial charge is 0.497 e. The van der Waals surface area contributed by atoms with Gasteiger partial charge in [-0.05, 0) is 29.7 Å². The molecule has 2 aromatic rings. The molecule has 0 atom stereocenters. The summed E-state index contributed by atoms with van der Waals surface area (Å²) < 4.78 is 10.5. The minimum absolute atomic E-state index is 0.0780. The molecule has 1 amide bonds. The molecule has 4 heteroatoms. The van der Waals surface area contributed by atoms with Gasteiger partial charge in [0.25, 0.3) is 0 Å². The lowest BCUT2D eigenvalue weighted by atomic mass is 10.0. The van der Waals surface area contributed by atoms with Gasteiger partial charge in [-0.15, -0.1) is 0 Å². The number of hydrogen-bond acceptors (Lipinski definition) is 3. The van der Waals surface area contributed by atoms with Gasteiger partial charge in [0.1, 0.15) is 11.5 Å². The van der Waals surface area contributed by atoms with Gasteiger partial charge in [0.15, 0.2) is 0 Å². The lowest BCUT2D eigenvalue weighted by molar-refractivity contribution is -0.115. The predicted octanol–water partition coefficient (Wildman–Crippen LogP) is 4.01. The molecule has 122 valence electrons. The van der Waals surface area contributed by atoms with Crippen molar-refractivity contribution in [2.45, 2.75) is 26.2 Å². The summed E-state index contributed by atoms with van der Waals surface area (Å²) in [6, 6.07) is 13.4. The summed E-state index contributed by atoms with van der Waals surface area (Å²) >= 11 is 0. The van der Waals surface area contributed by atoms with Gasteiger partial charge in [0.2, 0.25) is 5.91 Å². The van der Waals surface area contributed by atoms with Crippen LogP contribution in [0, 0.1) is 0 Å². The second-order valence-electron chi connectivity index (χ2n) is 5.68. The van der Waals surface area contributed by atoms with E-state index in [0.717, 1.165) is 11.3 Å². The zero-order valence-electron chi connectivity index (χ0n) is 14.1. The summed E-state index contributed by atoms with van der Waals surface area (Å²) in [5.74, 6) is 1.75. The first-order valence-electron chi connectivity index (χ1n) is 7.64. The smallest absolute Gasteiger partial charge is 0.228 e. The summed E-state index contributed by atoms with van der Waals surface area (Å²) in [4.78, 5) is 12.2. The maximum absolute atomic E-state index is 12.2. The van der Waals surface area contributed by atoms with Crippen LogP contribution in [0.1, 0.15) is 30.9 Å². The van der Waals surface area contributed by atoms with Crippen LogP contribution in [-0.4, -0.2) is 20.1 Å². The maximum atomic E-state index is 12.2. The Hall–Kier alpha value is -2.49. The number of ether oxygens (including phenoxy) is 2. The zero-order valence-corrected chi connectivity index (χ0v) is 14.1. The molecule has 0 saturated carbocycles. The quantitative estimate of drug-likeness (QED) is 0.876. The molecule has 23 heavy (non-hydrogen) atoms. The average molecular weight is 313 g/mol. The summed E-state index contributed by atoms with van der Waals surface area (Å²) in [6.45, 7) is 4.28. The lowest BCUT2D eigenvalue weighted by Crippen LogP contribution is -2.15. The van der Waals surface area contributed by atoms with Crippen LogP contribution < -0.4 is 14.8 Å². The molecule has 1 N–H and O–H groups in total. The lowest BCUT2D eigenvalue weighted by Gasteiger charge is -2.11. The van der Waals surface area contributed by atoms with E-state index < -0.39 is 0 Å². The average Bonchev–Trinajstić information content (AvgIpc) is 2.55. The highest BCUT2D eigenvalue weighted by Crippen LogP contribution is 2.25. The van der Waals surface area contributed by atoms with Crippen molar-refractivity contribution >= 4 is 11.6 Å². The van der Waals surface area contributed by atoms with Gasteiger partial charge in [0.05, 0.1) is 20.6 Å². The molecule has 0 aromatic heterocycles. The fourth-order valence-electron chi connectivity index (χ4n) is 2.33. The molecule has 2 rings (SSSR count). The van der Waals surface area contributed by atoms with Crippen molar-refractivity contribution in [2.24, 2.45) is 0 Å². The summed E-state index contributed by atoms with van der Waals surface area (Å²) in [5.41, 5.74) is 2.87. The molecule has 2 aromatic carbocycles. The molecule has 4 nitrogen and oxygen atoms in total. The molecule has 0 bridgehead atoms. The first-order chi connectivity index (χ1) is 11.0. The molecule has 0 fully saturated rings. The SMILES string of the molecule is COc1ccc(CC(=O)Nc2ccc(C(C)C)cc2)c(OC)c1. The number of anilines is 1. The fraction of sp³-hybridized carbons (Fsp3) is 0.316. The van der Waals surface area contributed by atoms with Crippen molar-refractivity contribution in [3.8, 4) is 11.5 Å². The second-order valence-corrected chi connectivity index (χ2v) is 5.68. The van der Waals surface area contributed by atoms with E-state index in [0.29, 0.717) is 17.4 Å².